The summed E-state index contributed by atoms with van der Waals surface area (Å²) < 4.78 is 14.2. The van der Waals surface area contributed by atoms with Gasteiger partial charge in [0.2, 0.25) is 7.29 Å². The number of benzene rings is 4. The predicted octanol–water partition coefficient (Wildman–Crippen LogP) is 10.1. The predicted molar refractivity (Wildman–Crippen MR) is 157 cm³/mol. The number of thiazole rings is 1. The molecule has 0 aliphatic heterocycles. The highest BCUT2D eigenvalue weighted by atomic mass is 35.5. The molecule has 0 unspecified atom stereocenters. The van der Waals surface area contributed by atoms with Crippen LogP contribution in [0.5, 0.6) is 0 Å². The lowest BCUT2D eigenvalue weighted by atomic mass is 10.1. The Labute approximate surface area is 224 Å². The summed E-state index contributed by atoms with van der Waals surface area (Å²) in [6.45, 7) is 0. The maximum atomic E-state index is 14.2. The molecular weight excluding hydrogens is 526 g/mol. The first kappa shape index (κ1) is 24.5. The second kappa shape index (κ2) is 10.9. The van der Waals surface area contributed by atoms with Crippen LogP contribution in [-0.4, -0.2) is 4.98 Å². The van der Waals surface area contributed by atoms with Gasteiger partial charge in [0, 0.05) is 22.6 Å². The summed E-state index contributed by atoms with van der Waals surface area (Å²) in [5, 5.41) is 8.63. The van der Waals surface area contributed by atoms with Crippen molar-refractivity contribution in [3.63, 3.8) is 0 Å². The van der Waals surface area contributed by atoms with Crippen molar-refractivity contribution >= 4 is 67.8 Å². The molecule has 0 spiro atoms. The minimum Gasteiger partial charge on any atom is -0.306 e. The second-order valence-electron chi connectivity index (χ2n) is 8.11. The normalized spacial score (nSPS) is 12.6. The zero-order valence-electron chi connectivity index (χ0n) is 19.0. The van der Waals surface area contributed by atoms with Crippen LogP contribution in [-0.2, 0) is 4.57 Å². The van der Waals surface area contributed by atoms with Gasteiger partial charge in [-0.3, -0.25) is 4.57 Å². The van der Waals surface area contributed by atoms with Crippen LogP contribution in [0.4, 0.5) is 5.13 Å². The van der Waals surface area contributed by atoms with E-state index < -0.39 is 7.29 Å². The molecule has 0 saturated heterocycles. The number of nitrogens with one attached hydrogen (secondary N) is 1. The van der Waals surface area contributed by atoms with Gasteiger partial charge >= 0.3 is 0 Å². The summed E-state index contributed by atoms with van der Waals surface area (Å²) >= 11 is 14.6. The van der Waals surface area contributed by atoms with E-state index in [4.69, 9.17) is 28.2 Å². The monoisotopic (exact) mass is 546 g/mol. The fraction of sp³-hybridized carbons (Fsp3) is 0. The van der Waals surface area contributed by atoms with Crippen molar-refractivity contribution in [3.8, 4) is 11.3 Å². The summed E-state index contributed by atoms with van der Waals surface area (Å²) in [5.74, 6) is 3.07. The summed E-state index contributed by atoms with van der Waals surface area (Å²) in [6.07, 6.45) is 0. The SMILES string of the molecule is O=P(/C=C(\Cl)c1ccccc1)(/C=C(\Cl)c1ccccc1)Nc1nc(-c2ccc3ccccc3c2)cs1. The van der Waals surface area contributed by atoms with Gasteiger partial charge < -0.3 is 5.09 Å². The van der Waals surface area contributed by atoms with Gasteiger partial charge in [-0.05, 0) is 28.0 Å². The highest BCUT2D eigenvalue weighted by Gasteiger charge is 2.21. The van der Waals surface area contributed by atoms with Crippen LogP contribution in [0.3, 0.4) is 0 Å². The van der Waals surface area contributed by atoms with Crippen LogP contribution in [0.1, 0.15) is 11.1 Å². The molecule has 4 aromatic carbocycles. The molecule has 36 heavy (non-hydrogen) atoms. The topological polar surface area (TPSA) is 42.0 Å². The zero-order valence-corrected chi connectivity index (χ0v) is 22.2. The molecule has 1 N–H and O–H groups in total. The first-order valence-corrected chi connectivity index (χ1v) is 14.7. The molecule has 5 rings (SSSR count). The molecule has 3 nitrogen and oxygen atoms in total. The quantitative estimate of drug-likeness (QED) is 0.206. The van der Waals surface area contributed by atoms with E-state index in [0.29, 0.717) is 15.2 Å². The molecule has 0 fully saturated rings. The standard InChI is InChI=1S/C29H21Cl2N2OPS/c30-26(22-10-3-1-4-11-22)18-35(34,19-27(31)23-12-5-2-6-13-23)33-29-32-28(20-36-29)25-16-15-21-9-7-8-14-24(21)17-25/h1-20H,(H,32,33,34)/b26-18-,27-19-. The van der Waals surface area contributed by atoms with E-state index in [1.807, 2.05) is 84.2 Å². The lowest BCUT2D eigenvalue weighted by Gasteiger charge is -2.14. The molecule has 0 bridgehead atoms. The highest BCUT2D eigenvalue weighted by Crippen LogP contribution is 2.54. The number of anilines is 1. The van der Waals surface area contributed by atoms with Gasteiger partial charge in [-0.1, -0.05) is 120 Å². The Balaban J connectivity index is 1.50. The Morgan fingerprint density at radius 3 is 1.92 bits per heavy atom. The van der Waals surface area contributed by atoms with Gasteiger partial charge in [0.15, 0.2) is 5.13 Å². The fourth-order valence-electron chi connectivity index (χ4n) is 3.74. The van der Waals surface area contributed by atoms with Crippen LogP contribution in [0.25, 0.3) is 32.1 Å². The van der Waals surface area contributed by atoms with Gasteiger partial charge in [-0.15, -0.1) is 11.3 Å². The van der Waals surface area contributed by atoms with Gasteiger partial charge in [0.05, 0.1) is 15.8 Å². The molecule has 0 aliphatic carbocycles. The van der Waals surface area contributed by atoms with Crippen molar-refractivity contribution in [2.75, 3.05) is 5.09 Å². The van der Waals surface area contributed by atoms with Crippen molar-refractivity contribution in [3.05, 3.63) is 131 Å². The molecular formula is C29H21Cl2N2OPS. The van der Waals surface area contributed by atoms with Crippen LogP contribution in [0, 0.1) is 0 Å². The average molecular weight is 547 g/mol. The van der Waals surface area contributed by atoms with E-state index >= 15 is 0 Å². The minimum atomic E-state index is -3.39. The van der Waals surface area contributed by atoms with Crippen molar-refractivity contribution in [1.29, 1.82) is 0 Å². The Morgan fingerprint density at radius 2 is 1.31 bits per heavy atom. The van der Waals surface area contributed by atoms with Crippen molar-refractivity contribution in [2.45, 2.75) is 0 Å². The number of hydrogen-bond acceptors (Lipinski definition) is 3. The zero-order chi connectivity index (χ0) is 25.0. The maximum Gasteiger partial charge on any atom is 0.217 e. The van der Waals surface area contributed by atoms with E-state index in [-0.39, 0.29) is 0 Å². The maximum absolute atomic E-state index is 14.2. The number of aromatic nitrogens is 1. The Hall–Kier alpha value is -3.14. The Morgan fingerprint density at radius 1 is 0.750 bits per heavy atom. The van der Waals surface area contributed by atoms with Crippen molar-refractivity contribution in [2.24, 2.45) is 0 Å². The van der Waals surface area contributed by atoms with E-state index in [0.717, 1.165) is 27.8 Å². The fourth-order valence-corrected chi connectivity index (χ4v) is 7.59. The first-order chi connectivity index (χ1) is 17.5. The minimum absolute atomic E-state index is 0.367. The number of hydrogen-bond donors (Lipinski definition) is 1. The highest BCUT2D eigenvalue weighted by molar-refractivity contribution is 7.72. The van der Waals surface area contributed by atoms with E-state index in [2.05, 4.69) is 29.4 Å². The summed E-state index contributed by atoms with van der Waals surface area (Å²) in [5.41, 5.74) is 3.32. The van der Waals surface area contributed by atoms with Gasteiger partial charge in [-0.2, -0.15) is 0 Å². The number of fused-ring (bicyclic) bond motifs is 1. The van der Waals surface area contributed by atoms with Crippen LogP contribution < -0.4 is 5.09 Å². The number of nitrogens with zero attached hydrogens (tertiary/aromatic N) is 1. The molecule has 178 valence electrons. The summed E-state index contributed by atoms with van der Waals surface area (Å²) in [6, 6.07) is 33.2. The molecule has 0 amide bonds. The van der Waals surface area contributed by atoms with E-state index in [1.54, 1.807) is 0 Å². The smallest absolute Gasteiger partial charge is 0.217 e. The molecule has 0 aliphatic rings. The molecule has 1 aromatic heterocycles. The van der Waals surface area contributed by atoms with Gasteiger partial charge in [-0.25, -0.2) is 4.98 Å². The molecule has 0 saturated carbocycles. The Kier molecular flexibility index (Phi) is 7.41. The third kappa shape index (κ3) is 5.80. The Bertz CT molecular complexity index is 1560. The largest absolute Gasteiger partial charge is 0.306 e. The number of halogens is 2. The van der Waals surface area contributed by atoms with E-state index in [9.17, 15) is 4.57 Å². The lowest BCUT2D eigenvalue weighted by Crippen LogP contribution is -1.94. The van der Waals surface area contributed by atoms with Crippen LogP contribution in [0.2, 0.25) is 0 Å². The molecule has 5 aromatic rings. The third-order valence-corrected chi connectivity index (χ3v) is 9.24. The lowest BCUT2D eigenvalue weighted by molar-refractivity contribution is 0.589. The van der Waals surface area contributed by atoms with Gasteiger partial charge in [0.25, 0.3) is 0 Å². The molecule has 7 heteroatoms. The van der Waals surface area contributed by atoms with Crippen molar-refractivity contribution < 1.29 is 4.57 Å². The van der Waals surface area contributed by atoms with Crippen LogP contribution >= 0.6 is 41.8 Å². The summed E-state index contributed by atoms with van der Waals surface area (Å²) in [7, 11) is -3.39. The molecule has 0 radical (unpaired) electrons. The number of rotatable bonds is 7. The van der Waals surface area contributed by atoms with Crippen molar-refractivity contribution in [1.82, 2.24) is 4.98 Å². The first-order valence-electron chi connectivity index (χ1n) is 11.2. The summed E-state index contributed by atoms with van der Waals surface area (Å²) in [4.78, 5) is 4.72. The van der Waals surface area contributed by atoms with Crippen LogP contribution in [0.15, 0.2) is 120 Å². The second-order valence-corrected chi connectivity index (χ2v) is 11.9. The molecule has 1 heterocycles. The van der Waals surface area contributed by atoms with E-state index in [1.165, 1.54) is 28.4 Å². The van der Waals surface area contributed by atoms with Gasteiger partial charge in [0.1, 0.15) is 0 Å². The molecule has 0 atom stereocenters. The average Bonchev–Trinajstić information content (AvgIpc) is 3.37. The third-order valence-electron chi connectivity index (χ3n) is 5.53.